The topological polar surface area (TPSA) is 68.6 Å². The lowest BCUT2D eigenvalue weighted by Crippen LogP contribution is -2.45. The lowest BCUT2D eigenvalue weighted by Gasteiger charge is -2.33. The highest BCUT2D eigenvalue weighted by molar-refractivity contribution is 5.99. The van der Waals surface area contributed by atoms with Gasteiger partial charge in [-0.3, -0.25) is 4.79 Å². The number of para-hydroxylation sites is 1. The van der Waals surface area contributed by atoms with Crippen molar-refractivity contribution < 1.29 is 14.3 Å². The first-order chi connectivity index (χ1) is 17.6. The number of hydrogen-bond donors (Lipinski definition) is 1. The summed E-state index contributed by atoms with van der Waals surface area (Å²) >= 11 is 0. The molecule has 7 heteroatoms. The molecule has 0 spiro atoms. The zero-order valence-electron chi connectivity index (χ0n) is 21.3. The molecule has 0 radical (unpaired) electrons. The first-order valence-electron chi connectivity index (χ1n) is 13.1. The van der Waals surface area contributed by atoms with Gasteiger partial charge in [-0.1, -0.05) is 37.1 Å². The molecule has 5 rings (SSSR count). The Balaban J connectivity index is 1.35. The van der Waals surface area contributed by atoms with Crippen LogP contribution in [-0.2, 0) is 0 Å². The normalized spacial score (nSPS) is 17.3. The first-order valence-corrected chi connectivity index (χ1v) is 13.1. The average Bonchev–Trinajstić information content (AvgIpc) is 3.60. The van der Waals surface area contributed by atoms with Gasteiger partial charge in [-0.25, -0.2) is 4.68 Å². The van der Waals surface area contributed by atoms with Crippen LogP contribution in [-0.4, -0.2) is 60.5 Å². The molecular formula is C29H36N4O3. The van der Waals surface area contributed by atoms with Gasteiger partial charge in [0.1, 0.15) is 0 Å². The van der Waals surface area contributed by atoms with E-state index < -0.39 is 0 Å². The van der Waals surface area contributed by atoms with Gasteiger partial charge in [0.25, 0.3) is 5.91 Å². The number of methoxy groups -OCH3 is 2. The largest absolute Gasteiger partial charge is 0.493 e. The van der Waals surface area contributed by atoms with Crippen LogP contribution < -0.4 is 14.8 Å². The van der Waals surface area contributed by atoms with Crippen LogP contribution in [0.5, 0.6) is 11.5 Å². The number of amides is 1. The van der Waals surface area contributed by atoms with E-state index in [-0.39, 0.29) is 11.9 Å². The van der Waals surface area contributed by atoms with Gasteiger partial charge in [0, 0.05) is 37.4 Å². The number of nitrogens with one attached hydrogen (secondary N) is 1. The molecule has 1 saturated heterocycles. The molecule has 2 fully saturated rings. The maximum Gasteiger partial charge on any atom is 0.272 e. The number of benzene rings is 2. The number of aromatic nitrogens is 2. The van der Waals surface area contributed by atoms with Crippen molar-refractivity contribution in [1.29, 1.82) is 0 Å². The minimum Gasteiger partial charge on any atom is -0.493 e. The number of rotatable bonds is 8. The lowest BCUT2D eigenvalue weighted by atomic mass is 10.0. The smallest absolute Gasteiger partial charge is 0.272 e. The van der Waals surface area contributed by atoms with Crippen molar-refractivity contribution in [2.75, 3.05) is 33.9 Å². The monoisotopic (exact) mass is 488 g/mol. The Kier molecular flexibility index (Phi) is 7.56. The van der Waals surface area contributed by atoms with Crippen LogP contribution in [0.3, 0.4) is 0 Å². The maximum absolute atomic E-state index is 13.5. The molecule has 1 aromatic heterocycles. The van der Waals surface area contributed by atoms with Crippen LogP contribution in [0, 0.1) is 5.92 Å². The first kappa shape index (κ1) is 24.4. The van der Waals surface area contributed by atoms with Gasteiger partial charge in [0.15, 0.2) is 17.2 Å². The third-order valence-corrected chi connectivity index (χ3v) is 7.56. The van der Waals surface area contributed by atoms with E-state index in [4.69, 9.17) is 14.6 Å². The summed E-state index contributed by atoms with van der Waals surface area (Å²) in [7, 11) is 3.23. The highest BCUT2D eigenvalue weighted by Crippen LogP contribution is 2.34. The van der Waals surface area contributed by atoms with Crippen molar-refractivity contribution in [3.05, 3.63) is 60.4 Å². The van der Waals surface area contributed by atoms with E-state index in [0.717, 1.165) is 48.7 Å². The number of carbonyl (C=O) groups is 1. The fourth-order valence-electron chi connectivity index (χ4n) is 5.54. The van der Waals surface area contributed by atoms with Crippen LogP contribution >= 0.6 is 0 Å². The minimum absolute atomic E-state index is 0.135. The number of ether oxygens (including phenoxy) is 2. The molecule has 190 valence electrons. The summed E-state index contributed by atoms with van der Waals surface area (Å²) in [5.74, 6) is 1.99. The molecular weight excluding hydrogens is 452 g/mol. The second-order valence-corrected chi connectivity index (χ2v) is 9.94. The summed E-state index contributed by atoms with van der Waals surface area (Å²) < 4.78 is 12.7. The van der Waals surface area contributed by atoms with E-state index in [9.17, 15) is 4.79 Å². The van der Waals surface area contributed by atoms with Gasteiger partial charge in [-0.05, 0) is 61.4 Å². The van der Waals surface area contributed by atoms with Gasteiger partial charge in [-0.15, -0.1) is 0 Å². The Morgan fingerprint density at radius 1 is 0.972 bits per heavy atom. The molecule has 1 aliphatic heterocycles. The Morgan fingerprint density at radius 3 is 2.39 bits per heavy atom. The highest BCUT2D eigenvalue weighted by atomic mass is 16.5. The lowest BCUT2D eigenvalue weighted by molar-refractivity contribution is 0.0901. The predicted molar refractivity (Wildman–Crippen MR) is 141 cm³/mol. The standard InChI is InChI=1S/C29H36N4O3/c1-35-26-13-12-22(18-27(26)36-2)25-20-33(24-10-4-3-5-11-24)31-28(25)29(34)30-23-14-16-32(17-15-23)19-21-8-6-7-9-21/h3-5,10-13,18,20-21,23H,6-9,14-17,19H2,1-2H3,(H,30,34). The summed E-state index contributed by atoms with van der Waals surface area (Å²) in [5, 5.41) is 8.00. The van der Waals surface area contributed by atoms with Crippen LogP contribution in [0.15, 0.2) is 54.7 Å². The number of nitrogens with zero attached hydrogens (tertiary/aromatic N) is 3. The Hall–Kier alpha value is -3.32. The van der Waals surface area contributed by atoms with Gasteiger partial charge < -0.3 is 19.7 Å². The van der Waals surface area contributed by atoms with Gasteiger partial charge in [0.2, 0.25) is 0 Å². The molecule has 36 heavy (non-hydrogen) atoms. The third-order valence-electron chi connectivity index (χ3n) is 7.56. The predicted octanol–water partition coefficient (Wildman–Crippen LogP) is 4.94. The van der Waals surface area contributed by atoms with E-state index >= 15 is 0 Å². The number of carbonyl (C=O) groups excluding carboxylic acids is 1. The van der Waals surface area contributed by atoms with Crippen LogP contribution in [0.25, 0.3) is 16.8 Å². The fourth-order valence-corrected chi connectivity index (χ4v) is 5.54. The molecule has 0 bridgehead atoms. The van der Waals surface area contributed by atoms with Crippen LogP contribution in [0.2, 0.25) is 0 Å². The van der Waals surface area contributed by atoms with Crippen molar-refractivity contribution in [3.63, 3.8) is 0 Å². The van der Waals surface area contributed by atoms with Gasteiger partial charge in [0.05, 0.1) is 19.9 Å². The van der Waals surface area contributed by atoms with E-state index in [1.54, 1.807) is 18.9 Å². The summed E-state index contributed by atoms with van der Waals surface area (Å²) in [6.07, 6.45) is 9.38. The van der Waals surface area contributed by atoms with Crippen molar-refractivity contribution >= 4 is 5.91 Å². The molecule has 2 aromatic carbocycles. The Bertz CT molecular complexity index is 1160. The molecule has 0 atom stereocenters. The zero-order valence-corrected chi connectivity index (χ0v) is 21.3. The van der Waals surface area contributed by atoms with Crippen LogP contribution in [0.4, 0.5) is 0 Å². The van der Waals surface area contributed by atoms with E-state index in [1.807, 2.05) is 54.7 Å². The molecule has 7 nitrogen and oxygen atoms in total. The molecule has 2 aliphatic rings. The summed E-state index contributed by atoms with van der Waals surface area (Å²) in [4.78, 5) is 16.1. The van der Waals surface area contributed by atoms with Gasteiger partial charge >= 0.3 is 0 Å². The summed E-state index contributed by atoms with van der Waals surface area (Å²) in [6, 6.07) is 15.7. The van der Waals surface area contributed by atoms with Crippen molar-refractivity contribution in [3.8, 4) is 28.3 Å². The van der Waals surface area contributed by atoms with E-state index in [2.05, 4.69) is 10.2 Å². The van der Waals surface area contributed by atoms with Crippen LogP contribution in [0.1, 0.15) is 49.0 Å². The summed E-state index contributed by atoms with van der Waals surface area (Å²) in [5.41, 5.74) is 2.93. The Morgan fingerprint density at radius 2 is 1.69 bits per heavy atom. The highest BCUT2D eigenvalue weighted by Gasteiger charge is 2.27. The average molecular weight is 489 g/mol. The molecule has 1 N–H and O–H groups in total. The number of piperidine rings is 1. The van der Waals surface area contributed by atoms with E-state index in [0.29, 0.717) is 17.2 Å². The molecule has 1 amide bonds. The fraction of sp³-hybridized carbons (Fsp3) is 0.448. The molecule has 0 unspecified atom stereocenters. The van der Waals surface area contributed by atoms with E-state index in [1.165, 1.54) is 32.2 Å². The van der Waals surface area contributed by atoms with Crippen molar-refractivity contribution in [1.82, 2.24) is 20.0 Å². The van der Waals surface area contributed by atoms with Gasteiger partial charge in [-0.2, -0.15) is 5.10 Å². The van der Waals surface area contributed by atoms with Crippen molar-refractivity contribution in [2.45, 2.75) is 44.6 Å². The summed E-state index contributed by atoms with van der Waals surface area (Å²) in [6.45, 7) is 3.30. The minimum atomic E-state index is -0.135. The Labute approximate surface area is 213 Å². The second kappa shape index (κ2) is 11.2. The number of likely N-dealkylation sites (tertiary alicyclic amines) is 1. The molecule has 3 aromatic rings. The quantitative estimate of drug-likeness (QED) is 0.486. The second-order valence-electron chi connectivity index (χ2n) is 9.94. The van der Waals surface area contributed by atoms with Crippen molar-refractivity contribution in [2.24, 2.45) is 5.92 Å². The molecule has 1 saturated carbocycles. The SMILES string of the molecule is COc1ccc(-c2cn(-c3ccccc3)nc2C(=O)NC2CCN(CC3CCCC3)CC2)cc1OC. The number of hydrogen-bond acceptors (Lipinski definition) is 5. The molecule has 2 heterocycles. The maximum atomic E-state index is 13.5. The molecule has 1 aliphatic carbocycles. The zero-order chi connectivity index (χ0) is 24.9. The third kappa shape index (κ3) is 5.41.